The topological polar surface area (TPSA) is 327 Å². The molecular formula is C56H60FN7O15. The molecule has 5 atom stereocenters. The quantitative estimate of drug-likeness (QED) is 0.0249. The number of aliphatic hydroxyl groups is 2. The van der Waals surface area contributed by atoms with E-state index >= 15 is 4.39 Å². The van der Waals surface area contributed by atoms with Crippen molar-refractivity contribution in [2.45, 2.75) is 128 Å². The normalized spacial score (nSPS) is 18.0. The zero-order valence-electron chi connectivity index (χ0n) is 43.5. The van der Waals surface area contributed by atoms with Gasteiger partial charge in [-0.1, -0.05) is 43.7 Å². The molecule has 0 saturated heterocycles. The van der Waals surface area contributed by atoms with Crippen molar-refractivity contribution in [2.75, 3.05) is 19.7 Å². The molecule has 4 aliphatic rings. The smallest absolute Gasteiger partial charge is 0.343 e. The molecule has 6 amide bonds. The van der Waals surface area contributed by atoms with Crippen LogP contribution in [0.3, 0.4) is 0 Å². The van der Waals surface area contributed by atoms with Crippen LogP contribution in [0.25, 0.3) is 22.3 Å². The number of nitrogens with zero attached hydrogens (tertiary/aromatic N) is 3. The summed E-state index contributed by atoms with van der Waals surface area (Å²) in [6, 6.07) is 7.64. The van der Waals surface area contributed by atoms with Crippen molar-refractivity contribution in [2.24, 2.45) is 5.92 Å². The first-order chi connectivity index (χ1) is 37.7. The second-order valence-corrected chi connectivity index (χ2v) is 20.2. The van der Waals surface area contributed by atoms with Gasteiger partial charge in [0.05, 0.1) is 60.7 Å². The van der Waals surface area contributed by atoms with Crippen molar-refractivity contribution in [1.29, 1.82) is 0 Å². The Hall–Kier alpha value is -8.31. The van der Waals surface area contributed by atoms with Gasteiger partial charge in [-0.05, 0) is 73.8 Å². The Morgan fingerprint density at radius 2 is 1.61 bits per heavy atom. The summed E-state index contributed by atoms with van der Waals surface area (Å²) in [5.74, 6) is -9.04. The number of esters is 1. The fraction of sp³-hybridized carbons (Fsp3) is 0.429. The van der Waals surface area contributed by atoms with Gasteiger partial charge in [-0.15, -0.1) is 0 Å². The van der Waals surface area contributed by atoms with Crippen molar-refractivity contribution >= 4 is 69.9 Å². The summed E-state index contributed by atoms with van der Waals surface area (Å²) in [5.41, 5.74) is 1.07. The highest BCUT2D eigenvalue weighted by Gasteiger charge is 2.46. The number of carboxylic acids is 1. The molecule has 0 spiro atoms. The highest BCUT2D eigenvalue weighted by Crippen LogP contribution is 2.46. The Balaban J connectivity index is 0.903. The first kappa shape index (κ1) is 56.9. The van der Waals surface area contributed by atoms with Gasteiger partial charge in [-0.3, -0.25) is 52.8 Å². The third-order valence-corrected chi connectivity index (χ3v) is 15.0. The van der Waals surface area contributed by atoms with Crippen molar-refractivity contribution in [1.82, 2.24) is 35.7 Å². The fourth-order valence-corrected chi connectivity index (χ4v) is 10.7. The first-order valence-electron chi connectivity index (χ1n) is 26.2. The van der Waals surface area contributed by atoms with Crippen molar-refractivity contribution in [3.8, 4) is 11.4 Å². The number of carbonyl (C=O) groups excluding carboxylic acids is 9. The summed E-state index contributed by atoms with van der Waals surface area (Å²) in [6.45, 7) is 1.55. The molecule has 3 aliphatic heterocycles. The zero-order chi connectivity index (χ0) is 56.9. The molecule has 0 bridgehead atoms. The number of pyridine rings is 2. The van der Waals surface area contributed by atoms with Crippen LogP contribution in [-0.4, -0.2) is 120 Å². The number of amides is 6. The van der Waals surface area contributed by atoms with Crippen LogP contribution in [0.1, 0.15) is 116 Å². The maximum Gasteiger partial charge on any atom is 0.343 e. The molecule has 4 aromatic rings. The predicted octanol–water partition coefficient (Wildman–Crippen LogP) is 1.84. The number of Topliss-reactive ketones (excluding diaryl/α,β-unsaturated/α-hetero) is 2. The molecular weight excluding hydrogens is 1030 g/mol. The molecule has 79 heavy (non-hydrogen) atoms. The Labute approximate surface area is 451 Å². The van der Waals surface area contributed by atoms with Gasteiger partial charge in [0.15, 0.2) is 17.2 Å². The lowest BCUT2D eigenvalue weighted by atomic mass is 9.81. The number of hydrogen-bond donors (Lipinski definition) is 7. The van der Waals surface area contributed by atoms with Crippen LogP contribution < -0.4 is 26.8 Å². The minimum absolute atomic E-state index is 0.00536. The van der Waals surface area contributed by atoms with E-state index in [1.165, 1.54) is 28.9 Å². The van der Waals surface area contributed by atoms with Gasteiger partial charge in [-0.2, -0.15) is 0 Å². The highest BCUT2D eigenvalue weighted by atomic mass is 19.1. The molecule has 23 heteroatoms. The number of aryl methyl sites for hydroxylation is 1. The Morgan fingerprint density at radius 3 is 2.30 bits per heavy atom. The van der Waals surface area contributed by atoms with Crippen LogP contribution >= 0.6 is 0 Å². The van der Waals surface area contributed by atoms with Gasteiger partial charge in [0.2, 0.25) is 23.6 Å². The second kappa shape index (κ2) is 24.1. The zero-order valence-corrected chi connectivity index (χ0v) is 43.5. The van der Waals surface area contributed by atoms with Gasteiger partial charge in [0.1, 0.15) is 18.5 Å². The molecule has 22 nitrogen and oxygen atoms in total. The summed E-state index contributed by atoms with van der Waals surface area (Å²) in [7, 11) is 0. The van der Waals surface area contributed by atoms with Crippen molar-refractivity contribution in [3.63, 3.8) is 0 Å². The number of carbonyl (C=O) groups is 10. The highest BCUT2D eigenvalue weighted by molar-refractivity contribution is 6.12. The van der Waals surface area contributed by atoms with E-state index in [1.807, 2.05) is 0 Å². The third-order valence-electron chi connectivity index (χ3n) is 15.0. The van der Waals surface area contributed by atoms with Crippen LogP contribution in [0.5, 0.6) is 0 Å². The third kappa shape index (κ3) is 12.2. The lowest BCUT2D eigenvalue weighted by Gasteiger charge is -2.31. The first-order valence-corrected chi connectivity index (χ1v) is 26.2. The fourth-order valence-electron chi connectivity index (χ4n) is 10.7. The lowest BCUT2D eigenvalue weighted by molar-refractivity contribution is -0.172. The number of cyclic esters (lactones) is 1. The van der Waals surface area contributed by atoms with Crippen molar-refractivity contribution in [3.05, 3.63) is 110 Å². The number of aliphatic hydroxyl groups excluding tert-OH is 1. The average molecular weight is 1090 g/mol. The van der Waals surface area contributed by atoms with Crippen molar-refractivity contribution < 1.29 is 72.4 Å². The number of unbranched alkanes of at least 4 members (excludes halogenated alkanes) is 2. The minimum atomic E-state index is -2.10. The van der Waals surface area contributed by atoms with Gasteiger partial charge < -0.3 is 45.9 Å². The molecule has 2 aromatic heterocycles. The van der Waals surface area contributed by atoms with Crippen LogP contribution in [0, 0.1) is 18.7 Å². The maximum atomic E-state index is 15.5. The molecule has 0 fully saturated rings. The van der Waals surface area contributed by atoms with E-state index < -0.39 is 139 Å². The molecule has 416 valence electrons. The van der Waals surface area contributed by atoms with E-state index in [0.29, 0.717) is 58.9 Å². The number of ether oxygens (including phenoxy) is 1. The summed E-state index contributed by atoms with van der Waals surface area (Å²) in [4.78, 5) is 148. The van der Waals surface area contributed by atoms with Gasteiger partial charge in [0.25, 0.3) is 17.4 Å². The van der Waals surface area contributed by atoms with E-state index in [2.05, 4.69) is 21.3 Å². The van der Waals surface area contributed by atoms with E-state index in [-0.39, 0.29) is 73.4 Å². The monoisotopic (exact) mass is 1090 g/mol. The second-order valence-electron chi connectivity index (χ2n) is 20.2. The Bertz CT molecular complexity index is 3270. The van der Waals surface area contributed by atoms with E-state index in [9.17, 15) is 68.1 Å². The van der Waals surface area contributed by atoms with E-state index in [1.54, 1.807) is 44.2 Å². The lowest BCUT2D eigenvalue weighted by Crippen LogP contribution is -2.52. The number of ketones is 2. The number of aliphatic carboxylic acids is 1. The van der Waals surface area contributed by atoms with Gasteiger partial charge >= 0.3 is 11.9 Å². The van der Waals surface area contributed by atoms with Crippen LogP contribution in [0.4, 0.5) is 4.39 Å². The number of hydrogen-bond acceptors (Lipinski definition) is 15. The standard InChI is InChI=1S/C56H60FN7O15/c1-3-56(78)36-22-42-51-34(26-64(42)54(76)35(36)28-79-55(56)77)50-38(14-13-33-29(2)37(57)23-40(60-51)49(33)50)61-53(75)41(27-65)62-52(74)31(20-30-10-6-4-7-11-30)21-32(66)25-58-44(68)16-15-43(67)39(24-48(72)73)59-45(69)12-8-5-9-19-63-46(70)17-18-47(63)71/h4,6-7,10-11,17-18,22-23,31,38-39,41,65,78H,3,5,8-9,12-16,19-21,24-28H2,1-2H3,(H,58,68)(H,59,69)(H,61,75)(H,62,74)(H,72,73)/t31-,38+,39+,41+,56+/m1/s1. The SMILES string of the molecule is CC[C@@]1(O)C(=O)OCc2c1cc1n(c2=O)Cc2c-1nc1cc(F)c(C)c3c1c2[C@@H](NC(=O)[C@H](CO)NC(=O)[C@@H](CC(=O)CNC(=O)CCC(=O)[C@H](CC(=O)O)NC(=O)CCCCCN1C(=O)C=CC1=O)Cc1ccccc1)CC3. The van der Waals surface area contributed by atoms with Crippen LogP contribution in [0.15, 0.2) is 59.4 Å². The van der Waals surface area contributed by atoms with E-state index in [0.717, 1.165) is 4.90 Å². The predicted molar refractivity (Wildman–Crippen MR) is 276 cm³/mol. The summed E-state index contributed by atoms with van der Waals surface area (Å²) in [5, 5.41) is 42.4. The van der Waals surface area contributed by atoms with Crippen LogP contribution in [0.2, 0.25) is 0 Å². The maximum absolute atomic E-state index is 15.5. The van der Waals surface area contributed by atoms with E-state index in [4.69, 9.17) is 9.72 Å². The number of carboxylic acid groups (broad SMARTS) is 1. The molecule has 5 heterocycles. The minimum Gasteiger partial charge on any atom is -0.481 e. The van der Waals surface area contributed by atoms with Gasteiger partial charge in [-0.25, -0.2) is 14.2 Å². The van der Waals surface area contributed by atoms with Gasteiger partial charge in [0, 0.05) is 72.9 Å². The molecule has 1 aliphatic carbocycles. The number of imide groups is 1. The molecule has 7 N–H and O–H groups in total. The summed E-state index contributed by atoms with van der Waals surface area (Å²) in [6.07, 6.45) is 1.80. The molecule has 2 aromatic carbocycles. The Morgan fingerprint density at radius 1 is 0.873 bits per heavy atom. The number of rotatable bonds is 25. The molecule has 8 rings (SSSR count). The molecule has 0 unspecified atom stereocenters. The number of benzene rings is 2. The Kier molecular flexibility index (Phi) is 17.4. The number of nitrogens with one attached hydrogen (secondary N) is 4. The number of aromatic nitrogens is 2. The number of fused-ring (bicyclic) bond motifs is 5. The number of halogens is 1. The molecule has 0 radical (unpaired) electrons. The van der Waals surface area contributed by atoms with Crippen LogP contribution in [-0.2, 0) is 84.3 Å². The largest absolute Gasteiger partial charge is 0.481 e. The summed E-state index contributed by atoms with van der Waals surface area (Å²) < 4.78 is 22.2. The summed E-state index contributed by atoms with van der Waals surface area (Å²) >= 11 is 0. The average Bonchev–Trinajstić information content (AvgIpc) is 4.17. The molecule has 0 saturated carbocycles.